The van der Waals surface area contributed by atoms with E-state index in [-0.39, 0.29) is 5.91 Å². The van der Waals surface area contributed by atoms with Crippen molar-refractivity contribution in [1.29, 1.82) is 0 Å². The van der Waals surface area contributed by atoms with Crippen molar-refractivity contribution in [3.8, 4) is 0 Å². The molecule has 0 N–H and O–H groups in total. The van der Waals surface area contributed by atoms with Crippen molar-refractivity contribution < 1.29 is 4.79 Å². The summed E-state index contributed by atoms with van der Waals surface area (Å²) in [7, 11) is 0. The van der Waals surface area contributed by atoms with E-state index in [0.29, 0.717) is 0 Å². The fourth-order valence-electron chi connectivity index (χ4n) is 0.773. The minimum absolute atomic E-state index is 0.289. The molecule has 0 aromatic carbocycles. The zero-order chi connectivity index (χ0) is 5.98. The summed E-state index contributed by atoms with van der Waals surface area (Å²) in [6, 6.07) is 0. The molecule has 0 unspecified atom stereocenters. The van der Waals surface area contributed by atoms with Gasteiger partial charge in [-0.25, -0.2) is 0 Å². The van der Waals surface area contributed by atoms with E-state index in [2.05, 4.69) is 22.9 Å². The van der Waals surface area contributed by atoms with Crippen molar-refractivity contribution in [3.63, 3.8) is 0 Å². The predicted octanol–water partition coefficient (Wildman–Crippen LogP) is 1.35. The Morgan fingerprint density at radius 2 is 2.25 bits per heavy atom. The fourth-order valence-corrected chi connectivity index (χ4v) is 1.36. The molecule has 1 heterocycles. The molecular weight excluding hydrogens is 217 g/mol. The van der Waals surface area contributed by atoms with E-state index in [1.807, 2.05) is 0 Å². The lowest BCUT2D eigenvalue weighted by Gasteiger charge is -2.18. The number of carbonyl (C=O) groups excluding carboxylic acids is 1. The first-order chi connectivity index (χ1) is 3.80. The topological polar surface area (TPSA) is 20.3 Å². The van der Waals surface area contributed by atoms with Gasteiger partial charge in [-0.2, -0.15) is 0 Å². The summed E-state index contributed by atoms with van der Waals surface area (Å²) in [5, 5.41) is 0. The minimum Gasteiger partial charge on any atom is -0.285 e. The first-order valence-electron chi connectivity index (χ1n) is 2.77. The van der Waals surface area contributed by atoms with Crippen LogP contribution in [0.5, 0.6) is 0 Å². The molecule has 1 rings (SSSR count). The molecule has 1 aliphatic rings. The number of amides is 1. The van der Waals surface area contributed by atoms with E-state index >= 15 is 0 Å². The lowest BCUT2D eigenvalue weighted by atomic mass is 10.2. The number of carbonyl (C=O) groups is 1. The van der Waals surface area contributed by atoms with E-state index in [9.17, 15) is 4.79 Å². The van der Waals surface area contributed by atoms with Crippen LogP contribution >= 0.6 is 22.9 Å². The molecular formula is C5H8INO. The largest absolute Gasteiger partial charge is 0.285 e. The number of rotatable bonds is 0. The molecule has 0 spiro atoms. The summed E-state index contributed by atoms with van der Waals surface area (Å²) in [4.78, 5) is 10.7. The lowest BCUT2D eigenvalue weighted by Crippen LogP contribution is -2.25. The van der Waals surface area contributed by atoms with Crippen LogP contribution in [0.25, 0.3) is 0 Å². The van der Waals surface area contributed by atoms with E-state index in [1.54, 1.807) is 3.11 Å². The molecule has 0 aliphatic carbocycles. The third-order valence-corrected chi connectivity index (χ3v) is 2.29. The van der Waals surface area contributed by atoms with Crippen molar-refractivity contribution in [2.75, 3.05) is 6.54 Å². The molecule has 8 heavy (non-hydrogen) atoms. The summed E-state index contributed by atoms with van der Waals surface area (Å²) in [6.07, 6.45) is 3.01. The maximum absolute atomic E-state index is 10.7. The Hall–Kier alpha value is 0.200. The summed E-state index contributed by atoms with van der Waals surface area (Å²) in [5.41, 5.74) is 0. The van der Waals surface area contributed by atoms with Crippen molar-refractivity contribution >= 4 is 28.8 Å². The fraction of sp³-hybridized carbons (Fsp3) is 0.800. The zero-order valence-corrected chi connectivity index (χ0v) is 6.72. The van der Waals surface area contributed by atoms with Gasteiger partial charge < -0.3 is 0 Å². The van der Waals surface area contributed by atoms with Crippen LogP contribution in [-0.4, -0.2) is 15.6 Å². The average molecular weight is 225 g/mol. The van der Waals surface area contributed by atoms with Gasteiger partial charge in [-0.05, 0) is 12.8 Å². The Morgan fingerprint density at radius 3 is 2.62 bits per heavy atom. The molecule has 0 aromatic rings. The Morgan fingerprint density at radius 1 is 1.50 bits per heavy atom. The number of nitrogens with zero attached hydrogens (tertiary/aromatic N) is 1. The van der Waals surface area contributed by atoms with Gasteiger partial charge in [0, 0.05) is 13.0 Å². The van der Waals surface area contributed by atoms with Gasteiger partial charge in [0.15, 0.2) is 0 Å². The summed E-state index contributed by atoms with van der Waals surface area (Å²) < 4.78 is 1.77. The number of hydrogen-bond acceptors (Lipinski definition) is 1. The van der Waals surface area contributed by atoms with E-state index in [4.69, 9.17) is 0 Å². The molecule has 0 radical (unpaired) electrons. The molecule has 3 heteroatoms. The molecule has 0 bridgehead atoms. The number of piperidine rings is 1. The van der Waals surface area contributed by atoms with Crippen LogP contribution in [-0.2, 0) is 4.79 Å². The summed E-state index contributed by atoms with van der Waals surface area (Å²) >= 11 is 2.07. The molecule has 0 atom stereocenters. The maximum atomic E-state index is 10.7. The van der Waals surface area contributed by atoms with Gasteiger partial charge in [0.2, 0.25) is 5.91 Å². The minimum atomic E-state index is 0.289. The van der Waals surface area contributed by atoms with Crippen molar-refractivity contribution in [3.05, 3.63) is 0 Å². The first-order valence-corrected chi connectivity index (χ1v) is 3.73. The second-order valence-corrected chi connectivity index (χ2v) is 3.10. The highest BCUT2D eigenvalue weighted by Gasteiger charge is 2.13. The highest BCUT2D eigenvalue weighted by atomic mass is 127. The third-order valence-electron chi connectivity index (χ3n) is 1.27. The molecule has 1 aliphatic heterocycles. The quantitative estimate of drug-likeness (QED) is 0.450. The molecule has 0 aromatic heterocycles. The maximum Gasteiger partial charge on any atom is 0.231 e. The van der Waals surface area contributed by atoms with Gasteiger partial charge >= 0.3 is 0 Å². The standard InChI is InChI=1S/C5H8INO/c6-7-4-2-1-3-5(7)8/h1-4H2. The number of halogens is 1. The van der Waals surface area contributed by atoms with Crippen LogP contribution in [0.4, 0.5) is 0 Å². The van der Waals surface area contributed by atoms with Gasteiger partial charge in [0.1, 0.15) is 0 Å². The van der Waals surface area contributed by atoms with Crippen molar-refractivity contribution in [2.45, 2.75) is 19.3 Å². The Bertz CT molecular complexity index is 105. The smallest absolute Gasteiger partial charge is 0.231 e. The zero-order valence-electron chi connectivity index (χ0n) is 4.56. The van der Waals surface area contributed by atoms with Crippen LogP contribution in [0.1, 0.15) is 19.3 Å². The average Bonchev–Trinajstić information content (AvgIpc) is 1.77. The normalized spacial score (nSPS) is 21.6. The monoisotopic (exact) mass is 225 g/mol. The van der Waals surface area contributed by atoms with E-state index < -0.39 is 0 Å². The van der Waals surface area contributed by atoms with Gasteiger partial charge in [0.25, 0.3) is 0 Å². The summed E-state index contributed by atoms with van der Waals surface area (Å²) in [5.74, 6) is 0.289. The van der Waals surface area contributed by atoms with Gasteiger partial charge in [0.05, 0.1) is 22.9 Å². The van der Waals surface area contributed by atoms with Crippen LogP contribution in [0.2, 0.25) is 0 Å². The lowest BCUT2D eigenvalue weighted by molar-refractivity contribution is -0.126. The Kier molecular flexibility index (Phi) is 2.10. The highest BCUT2D eigenvalue weighted by molar-refractivity contribution is 14.1. The van der Waals surface area contributed by atoms with E-state index in [1.165, 1.54) is 6.42 Å². The molecule has 0 saturated carbocycles. The Balaban J connectivity index is 2.39. The van der Waals surface area contributed by atoms with Crippen molar-refractivity contribution in [1.82, 2.24) is 3.11 Å². The van der Waals surface area contributed by atoms with Crippen LogP contribution < -0.4 is 0 Å². The Labute approximate surface area is 62.7 Å². The second kappa shape index (κ2) is 2.66. The predicted molar refractivity (Wildman–Crippen MR) is 39.6 cm³/mol. The van der Waals surface area contributed by atoms with Gasteiger partial charge in [-0.1, -0.05) is 0 Å². The molecule has 1 saturated heterocycles. The summed E-state index contributed by atoms with van der Waals surface area (Å²) in [6.45, 7) is 0.944. The van der Waals surface area contributed by atoms with Crippen LogP contribution in [0.3, 0.4) is 0 Å². The van der Waals surface area contributed by atoms with Crippen LogP contribution in [0, 0.1) is 0 Å². The first kappa shape index (κ1) is 6.32. The third kappa shape index (κ3) is 1.34. The van der Waals surface area contributed by atoms with Gasteiger partial charge in [-0.15, -0.1) is 0 Å². The molecule has 2 nitrogen and oxygen atoms in total. The SMILES string of the molecule is O=C1CCCCN1I. The molecule has 1 fully saturated rings. The molecule has 46 valence electrons. The van der Waals surface area contributed by atoms with Gasteiger partial charge in [-0.3, -0.25) is 7.91 Å². The van der Waals surface area contributed by atoms with E-state index in [0.717, 1.165) is 19.4 Å². The molecule has 1 amide bonds. The second-order valence-electron chi connectivity index (χ2n) is 1.94. The van der Waals surface area contributed by atoms with Crippen LogP contribution in [0.15, 0.2) is 0 Å². The number of hydrogen-bond donors (Lipinski definition) is 0. The van der Waals surface area contributed by atoms with Crippen molar-refractivity contribution in [2.24, 2.45) is 0 Å². The highest BCUT2D eigenvalue weighted by Crippen LogP contribution is 2.13.